The van der Waals surface area contributed by atoms with Gasteiger partial charge in [0.1, 0.15) is 5.69 Å². The molecule has 6 heteroatoms. The van der Waals surface area contributed by atoms with Crippen LogP contribution in [0.2, 0.25) is 0 Å². The number of amides is 1. The Morgan fingerprint density at radius 3 is 2.72 bits per heavy atom. The third kappa shape index (κ3) is 3.34. The lowest BCUT2D eigenvalue weighted by Gasteiger charge is -2.25. The summed E-state index contributed by atoms with van der Waals surface area (Å²) in [6, 6.07) is 11.2. The lowest BCUT2D eigenvalue weighted by atomic mass is 10.2. The molecule has 1 atom stereocenters. The largest absolute Gasteiger partial charge is 0.376 e. The summed E-state index contributed by atoms with van der Waals surface area (Å²) in [6.07, 6.45) is 6.92. The maximum absolute atomic E-state index is 13.1. The molecule has 1 aliphatic heterocycles. The number of para-hydroxylation sites is 2. The Kier molecular flexibility index (Phi) is 4.35. The van der Waals surface area contributed by atoms with Crippen molar-refractivity contribution in [3.8, 4) is 0 Å². The van der Waals surface area contributed by atoms with Gasteiger partial charge in [0.25, 0.3) is 5.91 Å². The predicted octanol–water partition coefficient (Wildman–Crippen LogP) is 2.85. The van der Waals surface area contributed by atoms with Gasteiger partial charge in [0, 0.05) is 24.7 Å². The first-order valence-corrected chi connectivity index (χ1v) is 8.36. The van der Waals surface area contributed by atoms with Crippen LogP contribution < -0.4 is 4.90 Å². The summed E-state index contributed by atoms with van der Waals surface area (Å²) in [4.78, 5) is 27.7. The van der Waals surface area contributed by atoms with Crippen LogP contribution in [0.3, 0.4) is 0 Å². The smallest absolute Gasteiger partial charge is 0.278 e. The third-order valence-corrected chi connectivity index (χ3v) is 4.30. The molecule has 3 heterocycles. The molecule has 126 valence electrons. The molecule has 0 radical (unpaired) electrons. The van der Waals surface area contributed by atoms with Crippen LogP contribution in [0.1, 0.15) is 23.3 Å². The molecule has 25 heavy (non-hydrogen) atoms. The number of aromatic nitrogens is 3. The summed E-state index contributed by atoms with van der Waals surface area (Å²) in [5.41, 5.74) is 2.59. The van der Waals surface area contributed by atoms with Gasteiger partial charge in [-0.2, -0.15) is 0 Å². The van der Waals surface area contributed by atoms with E-state index in [1.165, 1.54) is 6.20 Å². The van der Waals surface area contributed by atoms with Crippen molar-refractivity contribution in [2.45, 2.75) is 18.9 Å². The lowest BCUT2D eigenvalue weighted by Crippen LogP contribution is -2.38. The Bertz CT molecular complexity index is 879. The van der Waals surface area contributed by atoms with Gasteiger partial charge < -0.3 is 9.64 Å². The van der Waals surface area contributed by atoms with Crippen LogP contribution in [0.4, 0.5) is 5.69 Å². The molecule has 0 bridgehead atoms. The van der Waals surface area contributed by atoms with Gasteiger partial charge in [-0.15, -0.1) is 0 Å². The van der Waals surface area contributed by atoms with Crippen molar-refractivity contribution < 1.29 is 9.53 Å². The fourth-order valence-corrected chi connectivity index (χ4v) is 3.02. The minimum atomic E-state index is -0.181. The highest BCUT2D eigenvalue weighted by molar-refractivity contribution is 6.05. The average molecular weight is 334 g/mol. The van der Waals surface area contributed by atoms with E-state index in [-0.39, 0.29) is 12.0 Å². The van der Waals surface area contributed by atoms with Gasteiger partial charge in [-0.25, -0.2) is 4.98 Å². The Morgan fingerprint density at radius 1 is 1.16 bits per heavy atom. The monoisotopic (exact) mass is 334 g/mol. The molecule has 1 aromatic carbocycles. The van der Waals surface area contributed by atoms with Gasteiger partial charge in [-0.3, -0.25) is 14.8 Å². The van der Waals surface area contributed by atoms with Crippen LogP contribution in [-0.4, -0.2) is 40.1 Å². The van der Waals surface area contributed by atoms with Crippen LogP contribution in [0.15, 0.2) is 55.0 Å². The summed E-state index contributed by atoms with van der Waals surface area (Å²) in [7, 11) is 0. The molecular weight excluding hydrogens is 316 g/mol. The Labute approximate surface area is 145 Å². The van der Waals surface area contributed by atoms with Crippen molar-refractivity contribution in [2.75, 3.05) is 18.1 Å². The average Bonchev–Trinajstić information content (AvgIpc) is 3.19. The highest BCUT2D eigenvalue weighted by Gasteiger charge is 2.25. The molecule has 0 N–H and O–H groups in total. The van der Waals surface area contributed by atoms with Crippen molar-refractivity contribution in [2.24, 2.45) is 0 Å². The number of hydrogen-bond acceptors (Lipinski definition) is 5. The van der Waals surface area contributed by atoms with Gasteiger partial charge in [-0.1, -0.05) is 12.1 Å². The number of ether oxygens (including phenoxy) is 1. The van der Waals surface area contributed by atoms with Gasteiger partial charge in [0.2, 0.25) is 0 Å². The van der Waals surface area contributed by atoms with Crippen LogP contribution >= 0.6 is 0 Å². The Morgan fingerprint density at radius 2 is 1.96 bits per heavy atom. The summed E-state index contributed by atoms with van der Waals surface area (Å²) in [5.74, 6) is -0.181. The maximum Gasteiger partial charge on any atom is 0.278 e. The third-order valence-electron chi connectivity index (χ3n) is 4.30. The standard InChI is InChI=1S/C19H18N4O2/c24-19(18-12-21-16-5-1-2-6-17(16)22-18)23(13-15-4-3-11-25-15)14-7-9-20-10-8-14/h1-2,5-10,12,15H,3-4,11,13H2/t15-/m0/s1. The van der Waals surface area contributed by atoms with Crippen molar-refractivity contribution in [3.63, 3.8) is 0 Å². The Hall–Kier alpha value is -2.86. The topological polar surface area (TPSA) is 68.2 Å². The van der Waals surface area contributed by atoms with Crippen molar-refractivity contribution in [1.29, 1.82) is 0 Å². The van der Waals surface area contributed by atoms with Crippen molar-refractivity contribution in [1.82, 2.24) is 15.0 Å². The van der Waals surface area contributed by atoms with E-state index in [1.54, 1.807) is 17.3 Å². The van der Waals surface area contributed by atoms with Crippen LogP contribution in [-0.2, 0) is 4.74 Å². The van der Waals surface area contributed by atoms with E-state index < -0.39 is 0 Å². The van der Waals surface area contributed by atoms with E-state index in [0.29, 0.717) is 17.8 Å². The number of nitrogens with zero attached hydrogens (tertiary/aromatic N) is 4. The minimum Gasteiger partial charge on any atom is -0.376 e. The molecule has 2 aromatic heterocycles. The SMILES string of the molecule is O=C(c1cnc2ccccc2n1)N(C[C@@H]1CCCO1)c1ccncc1. The van der Waals surface area contributed by atoms with Gasteiger partial charge in [0.15, 0.2) is 0 Å². The summed E-state index contributed by atoms with van der Waals surface area (Å²) in [6.45, 7) is 1.25. The van der Waals surface area contributed by atoms with Crippen molar-refractivity contribution >= 4 is 22.6 Å². The summed E-state index contributed by atoms with van der Waals surface area (Å²) in [5, 5.41) is 0. The zero-order valence-corrected chi connectivity index (χ0v) is 13.7. The van der Waals surface area contributed by atoms with Crippen LogP contribution in [0, 0.1) is 0 Å². The van der Waals surface area contributed by atoms with Gasteiger partial charge >= 0.3 is 0 Å². The maximum atomic E-state index is 13.1. The van der Waals surface area contributed by atoms with Crippen molar-refractivity contribution in [3.05, 3.63) is 60.7 Å². The molecule has 0 spiro atoms. The lowest BCUT2D eigenvalue weighted by molar-refractivity contribution is 0.0913. The fourth-order valence-electron chi connectivity index (χ4n) is 3.02. The van der Waals surface area contributed by atoms with E-state index in [2.05, 4.69) is 15.0 Å². The van der Waals surface area contributed by atoms with E-state index in [4.69, 9.17) is 4.74 Å². The molecule has 6 nitrogen and oxygen atoms in total. The quantitative estimate of drug-likeness (QED) is 0.734. The van der Waals surface area contributed by atoms with E-state index in [9.17, 15) is 4.79 Å². The number of carbonyl (C=O) groups excluding carboxylic acids is 1. The first-order valence-electron chi connectivity index (χ1n) is 8.36. The zero-order chi connectivity index (χ0) is 17.1. The van der Waals surface area contributed by atoms with Gasteiger partial charge in [-0.05, 0) is 37.1 Å². The minimum absolute atomic E-state index is 0.0468. The van der Waals surface area contributed by atoms with E-state index in [1.807, 2.05) is 36.4 Å². The number of anilines is 1. The van der Waals surface area contributed by atoms with E-state index in [0.717, 1.165) is 30.7 Å². The fraction of sp³-hybridized carbons (Fsp3) is 0.263. The zero-order valence-electron chi connectivity index (χ0n) is 13.7. The molecule has 0 aliphatic carbocycles. The highest BCUT2D eigenvalue weighted by atomic mass is 16.5. The summed E-state index contributed by atoms with van der Waals surface area (Å²) >= 11 is 0. The second kappa shape index (κ2) is 6.94. The highest BCUT2D eigenvalue weighted by Crippen LogP contribution is 2.21. The number of rotatable bonds is 4. The number of pyridine rings is 1. The first kappa shape index (κ1) is 15.7. The number of carbonyl (C=O) groups is 1. The first-order chi connectivity index (χ1) is 12.3. The van der Waals surface area contributed by atoms with Crippen LogP contribution in [0.25, 0.3) is 11.0 Å². The predicted molar refractivity (Wildman–Crippen MR) is 94.4 cm³/mol. The number of benzene rings is 1. The molecule has 4 rings (SSSR count). The molecule has 3 aromatic rings. The van der Waals surface area contributed by atoms with Crippen LogP contribution in [0.5, 0.6) is 0 Å². The number of hydrogen-bond donors (Lipinski definition) is 0. The molecule has 0 saturated carbocycles. The molecule has 1 saturated heterocycles. The summed E-state index contributed by atoms with van der Waals surface area (Å²) < 4.78 is 5.72. The molecule has 1 amide bonds. The molecular formula is C19H18N4O2. The molecule has 1 aliphatic rings. The Balaban J connectivity index is 1.67. The molecule has 0 unspecified atom stereocenters. The second-order valence-corrected chi connectivity index (χ2v) is 6.00. The van der Waals surface area contributed by atoms with E-state index >= 15 is 0 Å². The normalized spacial score (nSPS) is 16.9. The number of fused-ring (bicyclic) bond motifs is 1. The molecule has 1 fully saturated rings. The van der Waals surface area contributed by atoms with Gasteiger partial charge in [0.05, 0.1) is 29.9 Å². The second-order valence-electron chi connectivity index (χ2n) is 6.00.